The van der Waals surface area contributed by atoms with E-state index in [1.54, 1.807) is 11.8 Å². The van der Waals surface area contributed by atoms with Crippen molar-refractivity contribution in [3.8, 4) is 11.4 Å². The van der Waals surface area contributed by atoms with Gasteiger partial charge in [-0.25, -0.2) is 0 Å². The number of benzene rings is 1. The number of hydrogen-bond acceptors (Lipinski definition) is 5. The quantitative estimate of drug-likeness (QED) is 0.820. The number of para-hydroxylation sites is 2. The Morgan fingerprint density at radius 2 is 2.12 bits per heavy atom. The van der Waals surface area contributed by atoms with E-state index in [1.807, 2.05) is 30.5 Å². The van der Waals surface area contributed by atoms with Gasteiger partial charge in [0.05, 0.1) is 7.11 Å². The number of ether oxygens (including phenoxy) is 1. The zero-order chi connectivity index (χ0) is 11.5. The van der Waals surface area contributed by atoms with E-state index in [-0.39, 0.29) is 0 Å². The average molecular weight is 236 g/mol. The molecule has 0 saturated carbocycles. The van der Waals surface area contributed by atoms with Gasteiger partial charge in [0.15, 0.2) is 0 Å². The van der Waals surface area contributed by atoms with Crippen LogP contribution in [0.25, 0.3) is 5.69 Å². The highest BCUT2D eigenvalue weighted by Crippen LogP contribution is 2.24. The monoisotopic (exact) mass is 236 g/mol. The van der Waals surface area contributed by atoms with Gasteiger partial charge in [-0.1, -0.05) is 23.9 Å². The highest BCUT2D eigenvalue weighted by atomic mass is 32.2. The van der Waals surface area contributed by atoms with Crippen molar-refractivity contribution in [3.63, 3.8) is 0 Å². The standard InChI is InChI=1S/C10H12N4OS/c1-15-8-6-4-3-5-7(8)14-9(11)12-10(13-14)16-2/h3-6H,1-2H3,(H2,11,12,13). The first-order chi connectivity index (χ1) is 7.76. The Morgan fingerprint density at radius 1 is 1.38 bits per heavy atom. The van der Waals surface area contributed by atoms with Gasteiger partial charge >= 0.3 is 0 Å². The Kier molecular flexibility index (Phi) is 3.00. The van der Waals surface area contributed by atoms with Crippen LogP contribution in [0.4, 0.5) is 5.95 Å². The van der Waals surface area contributed by atoms with Crippen LogP contribution < -0.4 is 10.5 Å². The van der Waals surface area contributed by atoms with Crippen LogP contribution in [0.5, 0.6) is 5.75 Å². The van der Waals surface area contributed by atoms with Crippen LogP contribution in [0, 0.1) is 0 Å². The van der Waals surface area contributed by atoms with Crippen LogP contribution >= 0.6 is 11.8 Å². The van der Waals surface area contributed by atoms with Crippen molar-refractivity contribution in [1.29, 1.82) is 0 Å². The number of methoxy groups -OCH3 is 1. The Morgan fingerprint density at radius 3 is 2.75 bits per heavy atom. The molecule has 16 heavy (non-hydrogen) atoms. The lowest BCUT2D eigenvalue weighted by atomic mass is 10.3. The van der Waals surface area contributed by atoms with E-state index < -0.39 is 0 Å². The SMILES string of the molecule is COc1ccccc1-n1nc(SC)nc1N. The van der Waals surface area contributed by atoms with E-state index in [1.165, 1.54) is 11.8 Å². The summed E-state index contributed by atoms with van der Waals surface area (Å²) in [6.07, 6.45) is 1.90. The van der Waals surface area contributed by atoms with Gasteiger partial charge in [0, 0.05) is 0 Å². The molecule has 0 amide bonds. The van der Waals surface area contributed by atoms with Crippen molar-refractivity contribution in [2.24, 2.45) is 0 Å². The van der Waals surface area contributed by atoms with Crippen LogP contribution in [0.2, 0.25) is 0 Å². The molecular weight excluding hydrogens is 224 g/mol. The Balaban J connectivity index is 2.53. The van der Waals surface area contributed by atoms with Gasteiger partial charge < -0.3 is 10.5 Å². The van der Waals surface area contributed by atoms with Crippen LogP contribution in [0.15, 0.2) is 29.4 Å². The molecule has 6 heteroatoms. The molecule has 0 aliphatic heterocycles. The molecule has 0 bridgehead atoms. The minimum Gasteiger partial charge on any atom is -0.494 e. The fraction of sp³-hybridized carbons (Fsp3) is 0.200. The van der Waals surface area contributed by atoms with Crippen molar-refractivity contribution >= 4 is 17.7 Å². The molecule has 0 spiro atoms. The summed E-state index contributed by atoms with van der Waals surface area (Å²) in [6.45, 7) is 0. The van der Waals surface area contributed by atoms with E-state index in [4.69, 9.17) is 10.5 Å². The van der Waals surface area contributed by atoms with Gasteiger partial charge in [-0.3, -0.25) is 0 Å². The summed E-state index contributed by atoms with van der Waals surface area (Å²) >= 11 is 1.45. The maximum absolute atomic E-state index is 5.79. The van der Waals surface area contributed by atoms with Crippen molar-refractivity contribution in [2.75, 3.05) is 19.1 Å². The van der Waals surface area contributed by atoms with E-state index in [0.29, 0.717) is 16.9 Å². The lowest BCUT2D eigenvalue weighted by molar-refractivity contribution is 0.411. The minimum atomic E-state index is 0.355. The molecule has 2 aromatic rings. The summed E-state index contributed by atoms with van der Waals surface area (Å²) in [4.78, 5) is 4.12. The highest BCUT2D eigenvalue weighted by molar-refractivity contribution is 7.98. The van der Waals surface area contributed by atoms with Gasteiger partial charge in [0.1, 0.15) is 11.4 Å². The number of aromatic nitrogens is 3. The third-order valence-electron chi connectivity index (χ3n) is 2.11. The number of hydrogen-bond donors (Lipinski definition) is 1. The molecule has 0 atom stereocenters. The Bertz CT molecular complexity index is 497. The predicted octanol–water partition coefficient (Wildman–Crippen LogP) is 1.58. The third-order valence-corrected chi connectivity index (χ3v) is 2.65. The van der Waals surface area contributed by atoms with Gasteiger partial charge in [-0.2, -0.15) is 9.67 Å². The zero-order valence-electron chi connectivity index (χ0n) is 9.04. The number of thioether (sulfide) groups is 1. The number of rotatable bonds is 3. The molecule has 0 aliphatic carbocycles. The second-order valence-corrected chi connectivity index (χ2v) is 3.81. The summed E-state index contributed by atoms with van der Waals surface area (Å²) in [5, 5.41) is 4.91. The molecule has 2 N–H and O–H groups in total. The smallest absolute Gasteiger partial charge is 0.224 e. The average Bonchev–Trinajstić information content (AvgIpc) is 2.70. The maximum atomic E-state index is 5.79. The molecule has 1 aromatic heterocycles. The van der Waals surface area contributed by atoms with Crippen molar-refractivity contribution < 1.29 is 4.74 Å². The molecular formula is C10H12N4OS. The molecule has 84 valence electrons. The predicted molar refractivity (Wildman–Crippen MR) is 64.1 cm³/mol. The van der Waals surface area contributed by atoms with E-state index in [9.17, 15) is 0 Å². The van der Waals surface area contributed by atoms with Crippen molar-refractivity contribution in [2.45, 2.75) is 5.16 Å². The second-order valence-electron chi connectivity index (χ2n) is 3.04. The summed E-state index contributed by atoms with van der Waals surface area (Å²) in [7, 11) is 1.61. The number of anilines is 1. The summed E-state index contributed by atoms with van der Waals surface area (Å²) < 4.78 is 6.82. The van der Waals surface area contributed by atoms with Crippen LogP contribution in [-0.2, 0) is 0 Å². The number of nitrogen functional groups attached to an aromatic ring is 1. The normalized spacial score (nSPS) is 10.4. The third kappa shape index (κ3) is 1.83. The molecule has 0 radical (unpaired) electrons. The zero-order valence-corrected chi connectivity index (χ0v) is 9.86. The van der Waals surface area contributed by atoms with E-state index >= 15 is 0 Å². The van der Waals surface area contributed by atoms with E-state index in [0.717, 1.165) is 5.69 Å². The van der Waals surface area contributed by atoms with Crippen molar-refractivity contribution in [3.05, 3.63) is 24.3 Å². The first kappa shape index (κ1) is 10.8. The first-order valence-electron chi connectivity index (χ1n) is 4.66. The summed E-state index contributed by atoms with van der Waals surface area (Å²) in [5.74, 6) is 1.07. The maximum Gasteiger partial charge on any atom is 0.224 e. The minimum absolute atomic E-state index is 0.355. The molecule has 1 heterocycles. The number of nitrogens with zero attached hydrogens (tertiary/aromatic N) is 3. The number of nitrogens with two attached hydrogens (primary N) is 1. The Labute approximate surface area is 97.6 Å². The molecule has 0 aliphatic rings. The first-order valence-corrected chi connectivity index (χ1v) is 5.88. The summed E-state index contributed by atoms with van der Waals surface area (Å²) in [6, 6.07) is 7.53. The molecule has 0 unspecified atom stereocenters. The van der Waals surface area contributed by atoms with Crippen LogP contribution in [0.1, 0.15) is 0 Å². The van der Waals surface area contributed by atoms with Crippen LogP contribution in [0.3, 0.4) is 0 Å². The molecule has 0 fully saturated rings. The van der Waals surface area contributed by atoms with Crippen LogP contribution in [-0.4, -0.2) is 28.1 Å². The van der Waals surface area contributed by atoms with E-state index in [2.05, 4.69) is 10.1 Å². The van der Waals surface area contributed by atoms with Gasteiger partial charge in [-0.05, 0) is 18.4 Å². The molecule has 5 nitrogen and oxygen atoms in total. The second kappa shape index (κ2) is 4.44. The molecule has 0 saturated heterocycles. The van der Waals surface area contributed by atoms with Crippen molar-refractivity contribution in [1.82, 2.24) is 14.8 Å². The lowest BCUT2D eigenvalue weighted by Gasteiger charge is -2.07. The molecule has 2 rings (SSSR count). The topological polar surface area (TPSA) is 66.0 Å². The lowest BCUT2D eigenvalue weighted by Crippen LogP contribution is -2.04. The largest absolute Gasteiger partial charge is 0.494 e. The highest BCUT2D eigenvalue weighted by Gasteiger charge is 2.11. The fourth-order valence-electron chi connectivity index (χ4n) is 1.37. The van der Waals surface area contributed by atoms with Gasteiger partial charge in [0.2, 0.25) is 11.1 Å². The fourth-order valence-corrected chi connectivity index (χ4v) is 1.72. The van der Waals surface area contributed by atoms with Gasteiger partial charge in [-0.15, -0.1) is 5.10 Å². The van der Waals surface area contributed by atoms with Gasteiger partial charge in [0.25, 0.3) is 0 Å². The molecule has 1 aromatic carbocycles. The summed E-state index contributed by atoms with van der Waals surface area (Å²) in [5.41, 5.74) is 6.58. The Hall–Kier alpha value is -1.69.